The molecule has 27 heavy (non-hydrogen) atoms. The molecule has 2 aromatic carbocycles. The zero-order valence-electron chi connectivity index (χ0n) is 16.0. The molecule has 1 amide bonds. The molecular formula is C23H25N3O. The summed E-state index contributed by atoms with van der Waals surface area (Å²) in [6, 6.07) is 18.1. The molecule has 1 heterocycles. The molecule has 0 radical (unpaired) electrons. The number of aryl methyl sites for hydroxylation is 1. The maximum Gasteiger partial charge on any atom is 0.257 e. The predicted molar refractivity (Wildman–Crippen MR) is 110 cm³/mol. The first-order valence-electron chi connectivity index (χ1n) is 9.14. The van der Waals surface area contributed by atoms with Crippen LogP contribution in [0.4, 0.5) is 5.69 Å². The molecule has 0 saturated carbocycles. The Kier molecular flexibility index (Phi) is 5.99. The Balaban J connectivity index is 1.58. The number of amides is 1. The minimum atomic E-state index is -0.155. The highest BCUT2D eigenvalue weighted by molar-refractivity contribution is 6.03. The summed E-state index contributed by atoms with van der Waals surface area (Å²) < 4.78 is 0. The van der Waals surface area contributed by atoms with E-state index in [2.05, 4.69) is 54.6 Å². The maximum atomic E-state index is 12.2. The molecule has 2 N–H and O–H groups in total. The van der Waals surface area contributed by atoms with Gasteiger partial charge in [-0.1, -0.05) is 30.3 Å². The molecule has 138 valence electrons. The van der Waals surface area contributed by atoms with Crippen LogP contribution in [0.2, 0.25) is 0 Å². The van der Waals surface area contributed by atoms with Crippen LogP contribution >= 0.6 is 0 Å². The highest BCUT2D eigenvalue weighted by Crippen LogP contribution is 2.20. The second kappa shape index (κ2) is 8.60. The van der Waals surface area contributed by atoms with Crippen molar-refractivity contribution in [1.29, 1.82) is 0 Å². The molecule has 0 saturated heterocycles. The Hall–Kier alpha value is -2.98. The number of benzene rings is 2. The van der Waals surface area contributed by atoms with Crippen molar-refractivity contribution in [3.05, 3.63) is 94.8 Å². The third-order valence-electron chi connectivity index (χ3n) is 4.86. The lowest BCUT2D eigenvalue weighted by molar-refractivity contribution is 0.102. The van der Waals surface area contributed by atoms with Crippen molar-refractivity contribution in [3.8, 4) is 0 Å². The van der Waals surface area contributed by atoms with Gasteiger partial charge in [-0.05, 0) is 67.3 Å². The number of pyridine rings is 1. The van der Waals surface area contributed by atoms with Crippen molar-refractivity contribution in [2.45, 2.75) is 33.4 Å². The number of rotatable bonds is 6. The van der Waals surface area contributed by atoms with E-state index in [1.807, 2.05) is 24.3 Å². The lowest BCUT2D eigenvalue weighted by Crippen LogP contribution is -2.19. The molecule has 1 aromatic heterocycles. The zero-order valence-corrected chi connectivity index (χ0v) is 16.0. The molecule has 0 aliphatic heterocycles. The van der Waals surface area contributed by atoms with Crippen LogP contribution in [0.3, 0.4) is 0 Å². The number of aromatic nitrogens is 1. The Morgan fingerprint density at radius 1 is 1.04 bits per heavy atom. The van der Waals surface area contributed by atoms with Gasteiger partial charge in [0.15, 0.2) is 0 Å². The van der Waals surface area contributed by atoms with E-state index in [4.69, 9.17) is 0 Å². The van der Waals surface area contributed by atoms with Crippen molar-refractivity contribution < 1.29 is 4.79 Å². The summed E-state index contributed by atoms with van der Waals surface area (Å²) in [5.41, 5.74) is 6.48. The van der Waals surface area contributed by atoms with Gasteiger partial charge in [-0.2, -0.15) is 0 Å². The van der Waals surface area contributed by atoms with Crippen LogP contribution < -0.4 is 10.6 Å². The van der Waals surface area contributed by atoms with Crippen LogP contribution in [0.5, 0.6) is 0 Å². The number of carbonyl (C=O) groups is 1. The summed E-state index contributed by atoms with van der Waals surface area (Å²) in [7, 11) is 0. The highest BCUT2D eigenvalue weighted by Gasteiger charge is 2.09. The second-order valence-electron chi connectivity index (χ2n) is 6.78. The molecule has 1 atom stereocenters. The number of nitrogens with one attached hydrogen (secondary N) is 2. The first kappa shape index (κ1) is 18.8. The lowest BCUT2D eigenvalue weighted by Gasteiger charge is -2.18. The highest BCUT2D eigenvalue weighted by atomic mass is 16.1. The van der Waals surface area contributed by atoms with Gasteiger partial charge < -0.3 is 10.6 Å². The maximum absolute atomic E-state index is 12.2. The Labute approximate surface area is 160 Å². The first-order valence-corrected chi connectivity index (χ1v) is 9.14. The number of nitrogens with zero attached hydrogens (tertiary/aromatic N) is 1. The average Bonchev–Trinajstić information content (AvgIpc) is 2.70. The van der Waals surface area contributed by atoms with Crippen molar-refractivity contribution in [1.82, 2.24) is 10.3 Å². The smallest absolute Gasteiger partial charge is 0.257 e. The molecule has 0 aliphatic rings. The number of carbonyl (C=O) groups excluding carboxylic acids is 1. The molecular weight excluding hydrogens is 334 g/mol. The van der Waals surface area contributed by atoms with E-state index in [0.29, 0.717) is 5.56 Å². The van der Waals surface area contributed by atoms with Crippen LogP contribution in [-0.2, 0) is 6.54 Å². The van der Waals surface area contributed by atoms with E-state index in [1.54, 1.807) is 24.5 Å². The summed E-state index contributed by atoms with van der Waals surface area (Å²) in [6.45, 7) is 7.27. The van der Waals surface area contributed by atoms with E-state index in [9.17, 15) is 4.79 Å². The van der Waals surface area contributed by atoms with E-state index < -0.39 is 0 Å². The van der Waals surface area contributed by atoms with Crippen LogP contribution in [0, 0.1) is 13.8 Å². The molecule has 0 bridgehead atoms. The monoisotopic (exact) mass is 359 g/mol. The van der Waals surface area contributed by atoms with Gasteiger partial charge in [-0.15, -0.1) is 0 Å². The number of hydrogen-bond donors (Lipinski definition) is 2. The fourth-order valence-corrected chi connectivity index (χ4v) is 3.03. The quantitative estimate of drug-likeness (QED) is 0.664. The number of hydrogen-bond acceptors (Lipinski definition) is 3. The number of anilines is 1. The SMILES string of the molecule is Cc1cccc(C(C)NCc2ccc(NC(=O)c3cccnc3)cc2)c1C. The van der Waals surface area contributed by atoms with Gasteiger partial charge in [0.1, 0.15) is 0 Å². The van der Waals surface area contributed by atoms with Gasteiger partial charge in [0.25, 0.3) is 5.91 Å². The van der Waals surface area contributed by atoms with Crippen LogP contribution in [0.15, 0.2) is 67.0 Å². The topological polar surface area (TPSA) is 54.0 Å². The largest absolute Gasteiger partial charge is 0.322 e. The van der Waals surface area contributed by atoms with Gasteiger partial charge in [-0.25, -0.2) is 0 Å². The van der Waals surface area contributed by atoms with Crippen molar-refractivity contribution in [2.24, 2.45) is 0 Å². The van der Waals surface area contributed by atoms with Gasteiger partial charge >= 0.3 is 0 Å². The summed E-state index contributed by atoms with van der Waals surface area (Å²) in [6.07, 6.45) is 3.21. The minimum Gasteiger partial charge on any atom is -0.322 e. The third-order valence-corrected chi connectivity index (χ3v) is 4.86. The Morgan fingerprint density at radius 2 is 1.81 bits per heavy atom. The normalized spacial score (nSPS) is 11.8. The van der Waals surface area contributed by atoms with E-state index >= 15 is 0 Å². The second-order valence-corrected chi connectivity index (χ2v) is 6.78. The van der Waals surface area contributed by atoms with Crippen molar-refractivity contribution >= 4 is 11.6 Å². The van der Waals surface area contributed by atoms with E-state index in [1.165, 1.54) is 22.3 Å². The summed E-state index contributed by atoms with van der Waals surface area (Å²) >= 11 is 0. The molecule has 0 spiro atoms. The van der Waals surface area contributed by atoms with Crippen LogP contribution in [-0.4, -0.2) is 10.9 Å². The summed E-state index contributed by atoms with van der Waals surface area (Å²) in [4.78, 5) is 16.1. The van der Waals surface area contributed by atoms with E-state index in [0.717, 1.165) is 12.2 Å². The zero-order chi connectivity index (χ0) is 19.2. The van der Waals surface area contributed by atoms with Gasteiger partial charge in [-0.3, -0.25) is 9.78 Å². The molecule has 3 rings (SSSR count). The van der Waals surface area contributed by atoms with Gasteiger partial charge in [0, 0.05) is 30.7 Å². The van der Waals surface area contributed by atoms with Crippen LogP contribution in [0.25, 0.3) is 0 Å². The molecule has 4 heteroatoms. The van der Waals surface area contributed by atoms with Gasteiger partial charge in [0.05, 0.1) is 5.56 Å². The first-order chi connectivity index (χ1) is 13.0. The fourth-order valence-electron chi connectivity index (χ4n) is 3.03. The molecule has 1 unspecified atom stereocenters. The summed E-state index contributed by atoms with van der Waals surface area (Å²) in [5.74, 6) is -0.155. The van der Waals surface area contributed by atoms with E-state index in [-0.39, 0.29) is 11.9 Å². The van der Waals surface area contributed by atoms with Crippen molar-refractivity contribution in [3.63, 3.8) is 0 Å². The Morgan fingerprint density at radius 3 is 2.52 bits per heavy atom. The minimum absolute atomic E-state index is 0.155. The predicted octanol–water partition coefficient (Wildman–Crippen LogP) is 4.80. The van der Waals surface area contributed by atoms with Crippen LogP contribution in [0.1, 0.15) is 45.6 Å². The fraction of sp³-hybridized carbons (Fsp3) is 0.217. The Bertz CT molecular complexity index is 905. The molecule has 0 fully saturated rings. The lowest BCUT2D eigenvalue weighted by atomic mass is 9.98. The average molecular weight is 359 g/mol. The standard InChI is InChI=1S/C23H25N3O/c1-16-6-4-8-22(17(16)2)18(3)25-14-19-9-11-21(12-10-19)26-23(27)20-7-5-13-24-15-20/h4-13,15,18,25H,14H2,1-3H3,(H,26,27). The molecule has 4 nitrogen and oxygen atoms in total. The van der Waals surface area contributed by atoms with Crippen molar-refractivity contribution in [2.75, 3.05) is 5.32 Å². The van der Waals surface area contributed by atoms with Gasteiger partial charge in [0.2, 0.25) is 0 Å². The summed E-state index contributed by atoms with van der Waals surface area (Å²) in [5, 5.41) is 6.46. The molecule has 0 aliphatic carbocycles. The molecule has 3 aromatic rings. The third kappa shape index (κ3) is 4.80.